The summed E-state index contributed by atoms with van der Waals surface area (Å²) in [5, 5.41) is 6.93. The summed E-state index contributed by atoms with van der Waals surface area (Å²) in [6.07, 6.45) is 3.50. The quantitative estimate of drug-likeness (QED) is 0.553. The average Bonchev–Trinajstić information content (AvgIpc) is 3.30. The van der Waals surface area contributed by atoms with Gasteiger partial charge in [-0.25, -0.2) is 9.48 Å². The SMILES string of the molecule is CCN(CCNC(=O)COC(=O)c1ccc(-n2cccn2)cc1)c1cccc(C)c1. The summed E-state index contributed by atoms with van der Waals surface area (Å²) in [4.78, 5) is 26.4. The molecule has 0 atom stereocenters. The van der Waals surface area contributed by atoms with E-state index in [-0.39, 0.29) is 12.5 Å². The van der Waals surface area contributed by atoms with E-state index in [1.54, 1.807) is 35.1 Å². The first kappa shape index (κ1) is 21.1. The van der Waals surface area contributed by atoms with E-state index in [4.69, 9.17) is 4.74 Å². The summed E-state index contributed by atoms with van der Waals surface area (Å²) in [5.74, 6) is -0.857. The van der Waals surface area contributed by atoms with E-state index in [1.165, 1.54) is 5.56 Å². The van der Waals surface area contributed by atoms with Crippen molar-refractivity contribution in [3.8, 4) is 5.69 Å². The lowest BCUT2D eigenvalue weighted by Crippen LogP contribution is -2.36. The molecule has 0 radical (unpaired) electrons. The zero-order valence-corrected chi connectivity index (χ0v) is 17.2. The number of benzene rings is 2. The van der Waals surface area contributed by atoms with Crippen LogP contribution in [0.5, 0.6) is 0 Å². The smallest absolute Gasteiger partial charge is 0.338 e. The number of nitrogens with zero attached hydrogens (tertiary/aromatic N) is 3. The number of ether oxygens (including phenoxy) is 1. The maximum atomic E-state index is 12.2. The summed E-state index contributed by atoms with van der Waals surface area (Å²) >= 11 is 0. The molecule has 2 aromatic carbocycles. The maximum Gasteiger partial charge on any atom is 0.338 e. The van der Waals surface area contributed by atoms with Crippen molar-refractivity contribution in [3.05, 3.63) is 78.1 Å². The van der Waals surface area contributed by atoms with Crippen molar-refractivity contribution >= 4 is 17.6 Å². The Morgan fingerprint density at radius 1 is 1.13 bits per heavy atom. The lowest BCUT2D eigenvalue weighted by atomic mass is 10.2. The molecular weight excluding hydrogens is 380 g/mol. The van der Waals surface area contributed by atoms with Crippen LogP contribution in [-0.4, -0.2) is 47.9 Å². The van der Waals surface area contributed by atoms with E-state index in [0.29, 0.717) is 18.7 Å². The fourth-order valence-electron chi connectivity index (χ4n) is 3.06. The lowest BCUT2D eigenvalue weighted by molar-refractivity contribution is -0.124. The van der Waals surface area contributed by atoms with Crippen LogP contribution in [-0.2, 0) is 9.53 Å². The minimum atomic E-state index is -0.535. The van der Waals surface area contributed by atoms with Gasteiger partial charge in [-0.15, -0.1) is 0 Å². The maximum absolute atomic E-state index is 12.2. The molecule has 7 heteroatoms. The molecule has 3 aromatic rings. The average molecular weight is 406 g/mol. The number of aromatic nitrogens is 2. The predicted octanol–water partition coefficient (Wildman–Crippen LogP) is 2.98. The molecule has 0 aliphatic carbocycles. The van der Waals surface area contributed by atoms with Gasteiger partial charge >= 0.3 is 5.97 Å². The van der Waals surface area contributed by atoms with Crippen molar-refractivity contribution in [2.45, 2.75) is 13.8 Å². The molecule has 1 amide bonds. The Hall–Kier alpha value is -3.61. The van der Waals surface area contributed by atoms with Crippen molar-refractivity contribution in [1.29, 1.82) is 0 Å². The number of hydrogen-bond acceptors (Lipinski definition) is 5. The highest BCUT2D eigenvalue weighted by Gasteiger charge is 2.11. The Kier molecular flexibility index (Phi) is 7.21. The summed E-state index contributed by atoms with van der Waals surface area (Å²) in [6, 6.07) is 16.9. The van der Waals surface area contributed by atoms with Crippen LogP contribution < -0.4 is 10.2 Å². The normalized spacial score (nSPS) is 10.5. The highest BCUT2D eigenvalue weighted by atomic mass is 16.5. The third-order valence-corrected chi connectivity index (χ3v) is 4.66. The van der Waals surface area contributed by atoms with Crippen molar-refractivity contribution in [1.82, 2.24) is 15.1 Å². The number of amides is 1. The van der Waals surface area contributed by atoms with Crippen molar-refractivity contribution < 1.29 is 14.3 Å². The second-order valence-electron chi connectivity index (χ2n) is 6.84. The van der Waals surface area contributed by atoms with E-state index in [1.807, 2.05) is 18.3 Å². The Bertz CT molecular complexity index is 968. The van der Waals surface area contributed by atoms with Gasteiger partial charge in [0, 0.05) is 37.7 Å². The highest BCUT2D eigenvalue weighted by Crippen LogP contribution is 2.15. The van der Waals surface area contributed by atoms with Crippen molar-refractivity contribution in [3.63, 3.8) is 0 Å². The van der Waals surface area contributed by atoms with Gasteiger partial charge in [0.15, 0.2) is 6.61 Å². The van der Waals surface area contributed by atoms with Gasteiger partial charge in [0.1, 0.15) is 0 Å². The minimum absolute atomic E-state index is 0.309. The zero-order chi connectivity index (χ0) is 21.3. The predicted molar refractivity (Wildman–Crippen MR) is 116 cm³/mol. The van der Waals surface area contributed by atoms with Gasteiger partial charge in [0.05, 0.1) is 11.3 Å². The van der Waals surface area contributed by atoms with Gasteiger partial charge in [-0.1, -0.05) is 12.1 Å². The molecule has 0 saturated heterocycles. The molecular formula is C23H26N4O3. The first-order valence-electron chi connectivity index (χ1n) is 9.92. The summed E-state index contributed by atoms with van der Waals surface area (Å²) in [6.45, 7) is 5.80. The molecule has 0 bridgehead atoms. The number of carbonyl (C=O) groups is 2. The zero-order valence-electron chi connectivity index (χ0n) is 17.2. The first-order chi connectivity index (χ1) is 14.6. The van der Waals surface area contributed by atoms with Crippen LogP contribution in [0.15, 0.2) is 67.0 Å². The molecule has 1 heterocycles. The van der Waals surface area contributed by atoms with Crippen LogP contribution in [0.2, 0.25) is 0 Å². The molecule has 0 unspecified atom stereocenters. The Morgan fingerprint density at radius 2 is 1.93 bits per heavy atom. The molecule has 3 rings (SSSR count). The third kappa shape index (κ3) is 5.70. The highest BCUT2D eigenvalue weighted by molar-refractivity contribution is 5.91. The van der Waals surface area contributed by atoms with Gasteiger partial charge in [-0.05, 0) is 61.9 Å². The number of hydrogen-bond donors (Lipinski definition) is 1. The van der Waals surface area contributed by atoms with E-state index in [0.717, 1.165) is 17.9 Å². The van der Waals surface area contributed by atoms with Gasteiger partial charge in [0.25, 0.3) is 5.91 Å². The number of carbonyl (C=O) groups excluding carboxylic acids is 2. The van der Waals surface area contributed by atoms with E-state index >= 15 is 0 Å². The lowest BCUT2D eigenvalue weighted by Gasteiger charge is -2.23. The third-order valence-electron chi connectivity index (χ3n) is 4.66. The molecule has 30 heavy (non-hydrogen) atoms. The van der Waals surface area contributed by atoms with E-state index in [9.17, 15) is 9.59 Å². The molecule has 0 fully saturated rings. The number of esters is 1. The van der Waals surface area contributed by atoms with Crippen LogP contribution in [0, 0.1) is 6.92 Å². The molecule has 0 saturated carbocycles. The van der Waals surface area contributed by atoms with Crippen LogP contribution in [0.1, 0.15) is 22.8 Å². The molecule has 156 valence electrons. The fourth-order valence-corrected chi connectivity index (χ4v) is 3.06. The molecule has 0 spiro atoms. The number of rotatable bonds is 9. The number of aryl methyl sites for hydroxylation is 1. The monoisotopic (exact) mass is 406 g/mol. The Morgan fingerprint density at radius 3 is 2.60 bits per heavy atom. The molecule has 1 aromatic heterocycles. The van der Waals surface area contributed by atoms with Crippen LogP contribution in [0.4, 0.5) is 5.69 Å². The Balaban J connectivity index is 1.42. The van der Waals surface area contributed by atoms with Gasteiger partial charge in [-0.2, -0.15) is 5.10 Å². The number of anilines is 1. The molecule has 0 aliphatic rings. The van der Waals surface area contributed by atoms with Crippen LogP contribution in [0.3, 0.4) is 0 Å². The summed E-state index contributed by atoms with van der Waals surface area (Å²) in [5.41, 5.74) is 3.54. The van der Waals surface area contributed by atoms with Gasteiger partial charge < -0.3 is 15.0 Å². The molecule has 1 N–H and O–H groups in total. The van der Waals surface area contributed by atoms with Gasteiger partial charge in [0.2, 0.25) is 0 Å². The van der Waals surface area contributed by atoms with Crippen molar-refractivity contribution in [2.75, 3.05) is 31.1 Å². The van der Waals surface area contributed by atoms with Crippen molar-refractivity contribution in [2.24, 2.45) is 0 Å². The molecule has 7 nitrogen and oxygen atoms in total. The minimum Gasteiger partial charge on any atom is -0.452 e. The van der Waals surface area contributed by atoms with Gasteiger partial charge in [-0.3, -0.25) is 4.79 Å². The largest absolute Gasteiger partial charge is 0.452 e. The molecule has 0 aliphatic heterocycles. The van der Waals surface area contributed by atoms with Crippen LogP contribution >= 0.6 is 0 Å². The standard InChI is InChI=1S/C23H26N4O3/c1-3-26(21-7-4-6-18(2)16-21)15-13-24-22(28)17-30-23(29)19-8-10-20(11-9-19)27-14-5-12-25-27/h4-12,14,16H,3,13,15,17H2,1-2H3,(H,24,28). The van der Waals surface area contributed by atoms with E-state index in [2.05, 4.69) is 47.4 Å². The first-order valence-corrected chi connectivity index (χ1v) is 9.92. The number of nitrogens with one attached hydrogen (secondary N) is 1. The Labute approximate surface area is 176 Å². The van der Waals surface area contributed by atoms with Crippen LogP contribution in [0.25, 0.3) is 5.69 Å². The second-order valence-corrected chi connectivity index (χ2v) is 6.84. The summed E-state index contributed by atoms with van der Waals surface area (Å²) < 4.78 is 6.81. The summed E-state index contributed by atoms with van der Waals surface area (Å²) in [7, 11) is 0. The fraction of sp³-hybridized carbons (Fsp3) is 0.261. The second kappa shape index (κ2) is 10.2. The van der Waals surface area contributed by atoms with E-state index < -0.39 is 5.97 Å². The topological polar surface area (TPSA) is 76.5 Å². The number of likely N-dealkylation sites (N-methyl/N-ethyl adjacent to an activating group) is 1.